The summed E-state index contributed by atoms with van der Waals surface area (Å²) in [7, 11) is 1.27. The van der Waals surface area contributed by atoms with Crippen LogP contribution in [0.4, 0.5) is 0 Å². The lowest BCUT2D eigenvalue weighted by Crippen LogP contribution is -2.40. The number of carboxylic acid groups (broad SMARTS) is 1. The van der Waals surface area contributed by atoms with Crippen molar-refractivity contribution in [1.29, 1.82) is 0 Å². The monoisotopic (exact) mass is 215 g/mol. The molecule has 0 bridgehead atoms. The zero-order valence-electron chi connectivity index (χ0n) is 9.40. The fraction of sp³-hybridized carbons (Fsp3) is 0.600. The van der Waals surface area contributed by atoms with E-state index in [1.807, 2.05) is 0 Å². The van der Waals surface area contributed by atoms with E-state index >= 15 is 0 Å². The number of carbonyl (C=O) groups is 2. The van der Waals surface area contributed by atoms with Gasteiger partial charge in [0.2, 0.25) is 0 Å². The predicted molar refractivity (Wildman–Crippen MR) is 55.2 cm³/mol. The summed E-state index contributed by atoms with van der Waals surface area (Å²) in [6.07, 6.45) is 1.22. The van der Waals surface area contributed by atoms with E-state index in [9.17, 15) is 9.59 Å². The van der Waals surface area contributed by atoms with Gasteiger partial charge >= 0.3 is 11.9 Å². The smallest absolute Gasteiger partial charge is 0.332 e. The molecule has 0 saturated carbocycles. The van der Waals surface area contributed by atoms with E-state index in [0.717, 1.165) is 0 Å². The lowest BCUT2D eigenvalue weighted by molar-refractivity contribution is -0.140. The quantitative estimate of drug-likeness (QED) is 0.523. The number of ether oxygens (including phenoxy) is 1. The van der Waals surface area contributed by atoms with Crippen molar-refractivity contribution in [2.45, 2.75) is 26.8 Å². The molecule has 0 spiro atoms. The molecule has 0 aromatic rings. The van der Waals surface area contributed by atoms with Gasteiger partial charge in [-0.05, 0) is 12.8 Å². The molecule has 0 saturated heterocycles. The highest BCUT2D eigenvalue weighted by Gasteiger charge is 2.20. The summed E-state index contributed by atoms with van der Waals surface area (Å²) < 4.78 is 4.42. The van der Waals surface area contributed by atoms with Gasteiger partial charge in [0.15, 0.2) is 0 Å². The summed E-state index contributed by atoms with van der Waals surface area (Å²) in [5.41, 5.74) is 0.475. The molecule has 5 nitrogen and oxygen atoms in total. The summed E-state index contributed by atoms with van der Waals surface area (Å²) in [6, 6.07) is -0.703. The first kappa shape index (κ1) is 13.5. The average molecular weight is 215 g/mol. The van der Waals surface area contributed by atoms with Crippen molar-refractivity contribution in [2.24, 2.45) is 5.92 Å². The Labute approximate surface area is 89.1 Å². The molecular weight excluding hydrogens is 198 g/mol. The predicted octanol–water partition coefficient (Wildman–Crippen LogP) is 0.762. The molecule has 0 fully saturated rings. The van der Waals surface area contributed by atoms with Crippen LogP contribution in [-0.2, 0) is 14.3 Å². The van der Waals surface area contributed by atoms with Crippen molar-refractivity contribution < 1.29 is 19.4 Å². The molecular formula is C10H17NO4. The molecule has 15 heavy (non-hydrogen) atoms. The van der Waals surface area contributed by atoms with E-state index in [1.54, 1.807) is 20.8 Å². The van der Waals surface area contributed by atoms with Gasteiger partial charge in [-0.3, -0.25) is 0 Å². The van der Waals surface area contributed by atoms with Gasteiger partial charge in [0.05, 0.1) is 7.11 Å². The van der Waals surface area contributed by atoms with Gasteiger partial charge in [0.25, 0.3) is 0 Å². The van der Waals surface area contributed by atoms with Gasteiger partial charge in [0, 0.05) is 11.8 Å². The van der Waals surface area contributed by atoms with E-state index in [1.165, 1.54) is 13.2 Å². The summed E-state index contributed by atoms with van der Waals surface area (Å²) in [4.78, 5) is 21.7. The Kier molecular flexibility index (Phi) is 5.44. The van der Waals surface area contributed by atoms with Crippen molar-refractivity contribution in [2.75, 3.05) is 7.11 Å². The molecule has 2 N–H and O–H groups in total. The summed E-state index contributed by atoms with van der Waals surface area (Å²) in [6.45, 7) is 5.20. The van der Waals surface area contributed by atoms with Crippen molar-refractivity contribution >= 4 is 11.9 Å². The number of esters is 1. The molecule has 0 aliphatic carbocycles. The Morgan fingerprint density at radius 1 is 1.40 bits per heavy atom. The molecule has 0 aliphatic rings. The molecule has 0 radical (unpaired) electrons. The highest BCUT2D eigenvalue weighted by atomic mass is 16.5. The Bertz CT molecular complexity index is 271. The van der Waals surface area contributed by atoms with Crippen LogP contribution in [0.15, 0.2) is 11.8 Å². The fourth-order valence-corrected chi connectivity index (χ4v) is 1.04. The van der Waals surface area contributed by atoms with Gasteiger partial charge in [-0.15, -0.1) is 0 Å². The number of hydrogen-bond acceptors (Lipinski definition) is 4. The minimum Gasteiger partial charge on any atom is -0.480 e. The van der Waals surface area contributed by atoms with Crippen molar-refractivity contribution in [3.05, 3.63) is 11.8 Å². The largest absolute Gasteiger partial charge is 0.480 e. The van der Waals surface area contributed by atoms with Gasteiger partial charge in [0.1, 0.15) is 6.04 Å². The number of rotatable bonds is 5. The third-order valence-corrected chi connectivity index (χ3v) is 1.85. The maximum Gasteiger partial charge on any atom is 0.332 e. The Hall–Kier alpha value is -1.52. The first-order valence-corrected chi connectivity index (χ1v) is 4.64. The zero-order valence-corrected chi connectivity index (χ0v) is 9.40. The van der Waals surface area contributed by atoms with E-state index in [4.69, 9.17) is 5.11 Å². The minimum absolute atomic E-state index is 0.0662. The second-order valence-electron chi connectivity index (χ2n) is 3.55. The van der Waals surface area contributed by atoms with Gasteiger partial charge in [-0.25, -0.2) is 9.59 Å². The lowest BCUT2D eigenvalue weighted by Gasteiger charge is -2.19. The topological polar surface area (TPSA) is 75.6 Å². The molecule has 0 aromatic carbocycles. The first-order valence-electron chi connectivity index (χ1n) is 4.64. The highest BCUT2D eigenvalue weighted by Crippen LogP contribution is 2.04. The van der Waals surface area contributed by atoms with E-state index in [2.05, 4.69) is 10.1 Å². The third-order valence-electron chi connectivity index (χ3n) is 1.85. The van der Waals surface area contributed by atoms with Crippen LogP contribution in [0, 0.1) is 5.92 Å². The molecule has 0 amide bonds. The Morgan fingerprint density at radius 3 is 2.27 bits per heavy atom. The van der Waals surface area contributed by atoms with Crippen LogP contribution in [0.1, 0.15) is 20.8 Å². The number of carbonyl (C=O) groups excluding carboxylic acids is 1. The van der Waals surface area contributed by atoms with Crippen molar-refractivity contribution in [1.82, 2.24) is 5.32 Å². The van der Waals surface area contributed by atoms with Crippen LogP contribution in [0.3, 0.4) is 0 Å². The van der Waals surface area contributed by atoms with Gasteiger partial charge in [-0.1, -0.05) is 13.8 Å². The van der Waals surface area contributed by atoms with Crippen LogP contribution >= 0.6 is 0 Å². The second-order valence-corrected chi connectivity index (χ2v) is 3.55. The van der Waals surface area contributed by atoms with E-state index in [-0.39, 0.29) is 5.92 Å². The maximum atomic E-state index is 10.9. The highest BCUT2D eigenvalue weighted by molar-refractivity contribution is 5.82. The SMILES string of the molecule is COC(=O)C=C(C)NC(C(=O)O)C(C)C. The van der Waals surface area contributed by atoms with Crippen molar-refractivity contribution in [3.8, 4) is 0 Å². The average Bonchev–Trinajstić information content (AvgIpc) is 2.12. The molecule has 0 aliphatic heterocycles. The second kappa shape index (κ2) is 6.06. The number of hydrogen-bond donors (Lipinski definition) is 2. The normalized spacial score (nSPS) is 13.5. The van der Waals surface area contributed by atoms with E-state index in [0.29, 0.717) is 5.70 Å². The molecule has 1 atom stereocenters. The Balaban J connectivity index is 4.48. The maximum absolute atomic E-state index is 10.9. The van der Waals surface area contributed by atoms with E-state index < -0.39 is 18.0 Å². The molecule has 86 valence electrons. The Morgan fingerprint density at radius 2 is 1.93 bits per heavy atom. The third kappa shape index (κ3) is 5.05. The standard InChI is InChI=1S/C10H17NO4/c1-6(2)9(10(13)14)11-7(3)5-8(12)15-4/h5-6,9,11H,1-4H3,(H,13,14). The van der Waals surface area contributed by atoms with Crippen molar-refractivity contribution in [3.63, 3.8) is 0 Å². The van der Waals surface area contributed by atoms with Crippen LogP contribution in [0.25, 0.3) is 0 Å². The van der Waals surface area contributed by atoms with Gasteiger partial charge < -0.3 is 15.2 Å². The number of aliphatic carboxylic acids is 1. The van der Waals surface area contributed by atoms with Crippen LogP contribution in [0.2, 0.25) is 0 Å². The lowest BCUT2D eigenvalue weighted by atomic mass is 10.0. The summed E-state index contributed by atoms with van der Waals surface area (Å²) in [5.74, 6) is -1.51. The summed E-state index contributed by atoms with van der Waals surface area (Å²) >= 11 is 0. The molecule has 5 heteroatoms. The number of allylic oxidation sites excluding steroid dienone is 1. The van der Waals surface area contributed by atoms with Gasteiger partial charge in [-0.2, -0.15) is 0 Å². The number of methoxy groups -OCH3 is 1. The zero-order chi connectivity index (χ0) is 12.0. The van der Waals surface area contributed by atoms with Crippen LogP contribution < -0.4 is 5.32 Å². The summed E-state index contributed by atoms with van der Waals surface area (Å²) in [5, 5.41) is 11.6. The molecule has 0 rings (SSSR count). The van der Waals surface area contributed by atoms with Crippen LogP contribution in [-0.4, -0.2) is 30.2 Å². The molecule has 0 aromatic heterocycles. The number of carboxylic acids is 1. The van der Waals surface area contributed by atoms with Crippen LogP contribution in [0.5, 0.6) is 0 Å². The molecule has 0 heterocycles. The number of nitrogens with one attached hydrogen (secondary N) is 1. The first-order chi connectivity index (χ1) is 6.88. The molecule has 1 unspecified atom stereocenters. The minimum atomic E-state index is -0.942. The fourth-order valence-electron chi connectivity index (χ4n) is 1.04.